The summed E-state index contributed by atoms with van der Waals surface area (Å²) >= 11 is 0. The van der Waals surface area contributed by atoms with Gasteiger partial charge >= 0.3 is 5.97 Å². The van der Waals surface area contributed by atoms with Crippen molar-refractivity contribution in [3.8, 4) is 0 Å². The number of nitrogens with one attached hydrogen (secondary N) is 1. The number of nitrogens with two attached hydrogens (primary N) is 1. The van der Waals surface area contributed by atoms with E-state index in [9.17, 15) is 4.79 Å². The van der Waals surface area contributed by atoms with Crippen molar-refractivity contribution in [2.45, 2.75) is 12.5 Å². The first-order valence-corrected chi connectivity index (χ1v) is 7.32. The first-order valence-electron chi connectivity index (χ1n) is 7.32. The fraction of sp³-hybridized carbons (Fsp3) is 0.222. The van der Waals surface area contributed by atoms with E-state index in [0.717, 1.165) is 22.4 Å². The van der Waals surface area contributed by atoms with Gasteiger partial charge in [-0.25, -0.2) is 0 Å². The third-order valence-corrected chi connectivity index (χ3v) is 3.69. The lowest BCUT2D eigenvalue weighted by Crippen LogP contribution is -2.32. The predicted molar refractivity (Wildman–Crippen MR) is 92.5 cm³/mol. The third kappa shape index (κ3) is 4.17. The summed E-state index contributed by atoms with van der Waals surface area (Å²) in [6.07, 6.45) is 0.278. The van der Waals surface area contributed by atoms with Crippen molar-refractivity contribution in [1.82, 2.24) is 0 Å². The molecule has 23 heavy (non-hydrogen) atoms. The van der Waals surface area contributed by atoms with E-state index in [-0.39, 0.29) is 6.42 Å². The van der Waals surface area contributed by atoms with E-state index in [1.807, 2.05) is 67.5 Å². The molecule has 5 heteroatoms. The number of aliphatic carboxylic acids is 1. The number of hydrogen-bond acceptors (Lipinski definition) is 4. The van der Waals surface area contributed by atoms with Crippen LogP contribution in [0.5, 0.6) is 0 Å². The normalized spacial score (nSPS) is 11.8. The molecule has 0 radical (unpaired) electrons. The molecule has 0 spiro atoms. The van der Waals surface area contributed by atoms with Crippen molar-refractivity contribution in [3.05, 3.63) is 65.2 Å². The minimum absolute atomic E-state index is 0.278. The maximum atomic E-state index is 10.8. The highest BCUT2D eigenvalue weighted by molar-refractivity contribution is 6.10. The van der Waals surface area contributed by atoms with Gasteiger partial charge in [-0.2, -0.15) is 0 Å². The highest BCUT2D eigenvalue weighted by Gasteiger charge is 2.12. The molecule has 0 saturated heterocycles. The number of nitrogens with zero attached hydrogens (tertiary/aromatic N) is 1. The SMILES string of the molecule is CN(C)c1ccc(C(=N)c2ccc(CC(N)C(=O)O)cc2)cc1. The molecule has 0 aromatic heterocycles. The van der Waals surface area contributed by atoms with Gasteiger partial charge in [-0.05, 0) is 24.1 Å². The van der Waals surface area contributed by atoms with Crippen molar-refractivity contribution >= 4 is 17.4 Å². The summed E-state index contributed by atoms with van der Waals surface area (Å²) in [5, 5.41) is 17.1. The van der Waals surface area contributed by atoms with Crippen LogP contribution in [-0.4, -0.2) is 36.9 Å². The Hall–Kier alpha value is -2.66. The van der Waals surface area contributed by atoms with Crippen LogP contribution in [0.4, 0.5) is 5.69 Å². The number of benzene rings is 2. The monoisotopic (exact) mass is 311 g/mol. The summed E-state index contributed by atoms with van der Waals surface area (Å²) in [6, 6.07) is 14.2. The average molecular weight is 311 g/mol. The van der Waals surface area contributed by atoms with Crippen molar-refractivity contribution in [2.75, 3.05) is 19.0 Å². The van der Waals surface area contributed by atoms with Crippen LogP contribution in [0.15, 0.2) is 48.5 Å². The van der Waals surface area contributed by atoms with Gasteiger partial charge in [0.15, 0.2) is 0 Å². The van der Waals surface area contributed by atoms with Crippen LogP contribution in [-0.2, 0) is 11.2 Å². The van der Waals surface area contributed by atoms with E-state index in [4.69, 9.17) is 16.2 Å². The minimum Gasteiger partial charge on any atom is -0.480 e. The summed E-state index contributed by atoms with van der Waals surface area (Å²) in [6.45, 7) is 0. The number of anilines is 1. The first-order chi connectivity index (χ1) is 10.9. The van der Waals surface area contributed by atoms with E-state index in [1.165, 1.54) is 0 Å². The second-order valence-corrected chi connectivity index (χ2v) is 5.66. The third-order valence-electron chi connectivity index (χ3n) is 3.69. The number of rotatable bonds is 6. The van der Waals surface area contributed by atoms with Crippen molar-refractivity contribution in [2.24, 2.45) is 5.73 Å². The molecule has 2 aromatic carbocycles. The Morgan fingerprint density at radius 3 is 2.00 bits per heavy atom. The van der Waals surface area contributed by atoms with Crippen molar-refractivity contribution < 1.29 is 9.90 Å². The molecular formula is C18H21N3O2. The van der Waals surface area contributed by atoms with Gasteiger partial charge in [0.1, 0.15) is 6.04 Å². The van der Waals surface area contributed by atoms with Crippen LogP contribution in [0.1, 0.15) is 16.7 Å². The molecule has 0 fully saturated rings. The highest BCUT2D eigenvalue weighted by atomic mass is 16.4. The molecule has 0 aliphatic heterocycles. The maximum absolute atomic E-state index is 10.8. The van der Waals surface area contributed by atoms with Crippen LogP contribution in [0.2, 0.25) is 0 Å². The van der Waals surface area contributed by atoms with E-state index >= 15 is 0 Å². The number of hydrogen-bond donors (Lipinski definition) is 3. The topological polar surface area (TPSA) is 90.4 Å². The molecule has 1 unspecified atom stereocenters. The smallest absolute Gasteiger partial charge is 0.320 e. The lowest BCUT2D eigenvalue weighted by atomic mass is 9.99. The fourth-order valence-corrected chi connectivity index (χ4v) is 2.24. The van der Waals surface area contributed by atoms with Crippen LogP contribution < -0.4 is 10.6 Å². The summed E-state index contributed by atoms with van der Waals surface area (Å²) in [7, 11) is 3.95. The van der Waals surface area contributed by atoms with Crippen LogP contribution >= 0.6 is 0 Å². The van der Waals surface area contributed by atoms with Gasteiger partial charge in [-0.1, -0.05) is 36.4 Å². The van der Waals surface area contributed by atoms with Gasteiger partial charge in [-0.3, -0.25) is 10.2 Å². The van der Waals surface area contributed by atoms with E-state index in [1.54, 1.807) is 0 Å². The molecule has 0 bridgehead atoms. The van der Waals surface area contributed by atoms with Crippen molar-refractivity contribution in [3.63, 3.8) is 0 Å². The Kier molecular flexibility index (Phi) is 5.13. The molecule has 0 amide bonds. The minimum atomic E-state index is -1.01. The summed E-state index contributed by atoms with van der Waals surface area (Å²) < 4.78 is 0. The van der Waals surface area contributed by atoms with Crippen LogP contribution in [0.25, 0.3) is 0 Å². The number of carbonyl (C=O) groups is 1. The maximum Gasteiger partial charge on any atom is 0.320 e. The summed E-state index contributed by atoms with van der Waals surface area (Å²) in [5.74, 6) is -1.01. The summed E-state index contributed by atoms with van der Waals surface area (Å²) in [4.78, 5) is 12.8. The van der Waals surface area contributed by atoms with E-state index in [2.05, 4.69) is 0 Å². The molecule has 0 heterocycles. The quantitative estimate of drug-likeness (QED) is 0.713. The first kappa shape index (κ1) is 16.7. The molecule has 120 valence electrons. The zero-order valence-corrected chi connectivity index (χ0v) is 13.3. The second-order valence-electron chi connectivity index (χ2n) is 5.66. The molecule has 2 rings (SSSR count). The van der Waals surface area contributed by atoms with Crippen molar-refractivity contribution in [1.29, 1.82) is 5.41 Å². The average Bonchev–Trinajstić information content (AvgIpc) is 2.55. The van der Waals surface area contributed by atoms with Gasteiger partial charge < -0.3 is 15.7 Å². The zero-order valence-electron chi connectivity index (χ0n) is 13.3. The standard InChI is InChI=1S/C18H21N3O2/c1-21(2)15-9-7-14(8-10-15)17(20)13-5-3-12(4-6-13)11-16(19)18(22)23/h3-10,16,20H,11,19H2,1-2H3,(H,22,23). The Morgan fingerprint density at radius 1 is 1.09 bits per heavy atom. The van der Waals surface area contributed by atoms with E-state index in [0.29, 0.717) is 5.71 Å². The largest absolute Gasteiger partial charge is 0.480 e. The zero-order chi connectivity index (χ0) is 17.0. The van der Waals surface area contributed by atoms with E-state index < -0.39 is 12.0 Å². The predicted octanol–water partition coefficient (Wildman–Crippen LogP) is 2.12. The highest BCUT2D eigenvalue weighted by Crippen LogP contribution is 2.16. The summed E-state index contributed by atoms with van der Waals surface area (Å²) in [5.41, 5.74) is 9.52. The fourth-order valence-electron chi connectivity index (χ4n) is 2.24. The van der Waals surface area contributed by atoms with Crippen LogP contribution in [0.3, 0.4) is 0 Å². The van der Waals surface area contributed by atoms with Gasteiger partial charge in [0.25, 0.3) is 0 Å². The molecule has 4 N–H and O–H groups in total. The van der Waals surface area contributed by atoms with Gasteiger partial charge in [0.05, 0.1) is 5.71 Å². The molecule has 0 saturated carbocycles. The second kappa shape index (κ2) is 7.07. The molecule has 2 aromatic rings. The lowest BCUT2D eigenvalue weighted by Gasteiger charge is -2.13. The Morgan fingerprint density at radius 2 is 1.57 bits per heavy atom. The molecule has 1 atom stereocenters. The lowest BCUT2D eigenvalue weighted by molar-refractivity contribution is -0.138. The molecular weight excluding hydrogens is 290 g/mol. The Labute approximate surface area is 135 Å². The Balaban J connectivity index is 2.12. The number of carboxylic acid groups (broad SMARTS) is 1. The van der Waals surface area contributed by atoms with Gasteiger partial charge in [0.2, 0.25) is 0 Å². The Bertz CT molecular complexity index is 691. The molecule has 0 aliphatic carbocycles. The number of carboxylic acids is 1. The molecule has 5 nitrogen and oxygen atoms in total. The van der Waals surface area contributed by atoms with Gasteiger partial charge in [0, 0.05) is 30.9 Å². The molecule has 0 aliphatic rings. The van der Waals surface area contributed by atoms with Crippen LogP contribution in [0, 0.1) is 5.41 Å². The van der Waals surface area contributed by atoms with Gasteiger partial charge in [-0.15, -0.1) is 0 Å².